The van der Waals surface area contributed by atoms with Crippen LogP contribution >= 0.6 is 23.2 Å². The van der Waals surface area contributed by atoms with Gasteiger partial charge in [-0.2, -0.15) is 0 Å². The van der Waals surface area contributed by atoms with Gasteiger partial charge in [0, 0.05) is 22.3 Å². The Balaban J connectivity index is 1.51. The van der Waals surface area contributed by atoms with Gasteiger partial charge in [0.2, 0.25) is 0 Å². The highest BCUT2D eigenvalue weighted by Crippen LogP contribution is 2.34. The van der Waals surface area contributed by atoms with Crippen LogP contribution in [-0.4, -0.2) is 31.9 Å². The van der Waals surface area contributed by atoms with Crippen LogP contribution in [0.4, 0.5) is 17.1 Å². The smallest absolute Gasteiger partial charge is 0.283 e. The van der Waals surface area contributed by atoms with Gasteiger partial charge in [-0.25, -0.2) is 4.90 Å². The van der Waals surface area contributed by atoms with Crippen molar-refractivity contribution >= 4 is 58.0 Å². The number of carbonyl (C=O) groups excluding carboxylic acids is 3. The molecule has 1 aliphatic rings. The van der Waals surface area contributed by atoms with E-state index in [4.69, 9.17) is 32.7 Å². The molecule has 0 radical (unpaired) electrons. The number of ether oxygens (including phenoxy) is 2. The van der Waals surface area contributed by atoms with E-state index in [1.807, 2.05) is 0 Å². The molecule has 0 unspecified atom stereocenters. The van der Waals surface area contributed by atoms with E-state index in [0.29, 0.717) is 44.7 Å². The number of halogens is 2. The molecule has 36 heavy (non-hydrogen) atoms. The largest absolute Gasteiger partial charge is 0.497 e. The Morgan fingerprint density at radius 3 is 2.31 bits per heavy atom. The minimum atomic E-state index is -0.655. The summed E-state index contributed by atoms with van der Waals surface area (Å²) in [6.07, 6.45) is 0. The molecule has 0 saturated carbocycles. The lowest BCUT2D eigenvalue weighted by atomic mass is 10.1. The molecular formula is C26H21Cl2N3O5. The van der Waals surface area contributed by atoms with Crippen molar-refractivity contribution in [1.29, 1.82) is 0 Å². The van der Waals surface area contributed by atoms with Gasteiger partial charge in [-0.15, -0.1) is 0 Å². The number of carbonyl (C=O) groups is 3. The molecule has 0 aromatic heterocycles. The Bertz CT molecular complexity index is 1400. The number of imide groups is 1. The van der Waals surface area contributed by atoms with Crippen molar-refractivity contribution in [2.24, 2.45) is 0 Å². The first-order chi connectivity index (χ1) is 17.2. The molecule has 4 rings (SSSR count). The van der Waals surface area contributed by atoms with Crippen LogP contribution in [0, 0.1) is 6.92 Å². The zero-order valence-electron chi connectivity index (χ0n) is 19.5. The van der Waals surface area contributed by atoms with Crippen molar-refractivity contribution in [2.45, 2.75) is 6.92 Å². The summed E-state index contributed by atoms with van der Waals surface area (Å²) >= 11 is 12.4. The van der Waals surface area contributed by atoms with Gasteiger partial charge >= 0.3 is 0 Å². The SMILES string of the molecule is COc1ccc(OC)c(NC(=O)c2ccc(NC3=C(Cl)C(=O)N(c4cccc(Cl)c4C)C3=O)cc2)c1. The molecule has 0 aliphatic carbocycles. The minimum absolute atomic E-state index is 0.0700. The first-order valence-electron chi connectivity index (χ1n) is 10.7. The Hall–Kier alpha value is -4.01. The van der Waals surface area contributed by atoms with Crippen LogP contribution in [0.15, 0.2) is 71.4 Å². The third-order valence-corrected chi connectivity index (χ3v) is 6.34. The highest BCUT2D eigenvalue weighted by atomic mass is 35.5. The second-order valence-electron chi connectivity index (χ2n) is 7.74. The topological polar surface area (TPSA) is 97.0 Å². The average Bonchev–Trinajstić information content (AvgIpc) is 3.09. The van der Waals surface area contributed by atoms with Gasteiger partial charge in [0.15, 0.2) is 0 Å². The van der Waals surface area contributed by atoms with E-state index < -0.39 is 11.8 Å². The molecule has 2 N–H and O–H groups in total. The van der Waals surface area contributed by atoms with E-state index in [2.05, 4.69) is 10.6 Å². The van der Waals surface area contributed by atoms with Crippen LogP contribution in [0.1, 0.15) is 15.9 Å². The lowest BCUT2D eigenvalue weighted by Crippen LogP contribution is -2.32. The van der Waals surface area contributed by atoms with E-state index in [1.165, 1.54) is 14.2 Å². The summed E-state index contributed by atoms with van der Waals surface area (Å²) in [7, 11) is 3.03. The van der Waals surface area contributed by atoms with Crippen LogP contribution in [0.25, 0.3) is 0 Å². The van der Waals surface area contributed by atoms with Crippen molar-refractivity contribution in [3.8, 4) is 11.5 Å². The molecule has 1 heterocycles. The predicted molar refractivity (Wildman–Crippen MR) is 139 cm³/mol. The van der Waals surface area contributed by atoms with E-state index in [1.54, 1.807) is 67.6 Å². The number of nitrogens with zero attached hydrogens (tertiary/aromatic N) is 1. The van der Waals surface area contributed by atoms with E-state index >= 15 is 0 Å². The van der Waals surface area contributed by atoms with Crippen LogP contribution < -0.4 is 25.0 Å². The molecule has 1 aliphatic heterocycles. The standard InChI is InChI=1S/C26H21Cl2N3O5/c1-14-18(27)5-4-6-20(14)31-25(33)22(28)23(26(31)34)29-16-9-7-15(8-10-16)24(32)30-19-13-17(35-2)11-12-21(19)36-3/h4-13,29H,1-3H3,(H,30,32). The number of rotatable bonds is 7. The molecule has 0 bridgehead atoms. The maximum atomic E-state index is 13.1. The number of hydrogen-bond acceptors (Lipinski definition) is 6. The number of nitrogens with one attached hydrogen (secondary N) is 2. The summed E-state index contributed by atoms with van der Waals surface area (Å²) in [5.41, 5.74) is 2.13. The van der Waals surface area contributed by atoms with Gasteiger partial charge in [0.25, 0.3) is 17.7 Å². The molecule has 8 nitrogen and oxygen atoms in total. The van der Waals surface area contributed by atoms with Crippen LogP contribution in [0.5, 0.6) is 11.5 Å². The average molecular weight is 526 g/mol. The number of amides is 3. The highest BCUT2D eigenvalue weighted by Gasteiger charge is 2.39. The fourth-order valence-electron chi connectivity index (χ4n) is 3.62. The second-order valence-corrected chi connectivity index (χ2v) is 8.53. The normalized spacial score (nSPS) is 13.2. The summed E-state index contributed by atoms with van der Waals surface area (Å²) in [5.74, 6) is -0.596. The number of methoxy groups -OCH3 is 2. The maximum Gasteiger partial charge on any atom is 0.283 e. The third-order valence-electron chi connectivity index (χ3n) is 5.58. The van der Waals surface area contributed by atoms with Gasteiger partial charge < -0.3 is 20.1 Å². The number of benzene rings is 3. The Morgan fingerprint density at radius 2 is 1.64 bits per heavy atom. The predicted octanol–water partition coefficient (Wildman–Crippen LogP) is 5.35. The molecule has 10 heteroatoms. The number of hydrogen-bond donors (Lipinski definition) is 2. The van der Waals surface area contributed by atoms with Crippen molar-refractivity contribution in [3.05, 3.63) is 87.5 Å². The van der Waals surface area contributed by atoms with Gasteiger partial charge in [0.05, 0.1) is 25.6 Å². The molecule has 0 atom stereocenters. The van der Waals surface area contributed by atoms with E-state index in [9.17, 15) is 14.4 Å². The van der Waals surface area contributed by atoms with Crippen molar-refractivity contribution in [1.82, 2.24) is 0 Å². The summed E-state index contributed by atoms with van der Waals surface area (Å²) in [6.45, 7) is 1.71. The van der Waals surface area contributed by atoms with E-state index in [0.717, 1.165) is 4.90 Å². The van der Waals surface area contributed by atoms with Crippen molar-refractivity contribution in [3.63, 3.8) is 0 Å². The molecule has 0 saturated heterocycles. The minimum Gasteiger partial charge on any atom is -0.497 e. The second kappa shape index (κ2) is 10.3. The Labute approximate surface area is 217 Å². The fraction of sp³-hybridized carbons (Fsp3) is 0.115. The quantitative estimate of drug-likeness (QED) is 0.403. The zero-order valence-corrected chi connectivity index (χ0v) is 21.0. The van der Waals surface area contributed by atoms with Gasteiger partial charge in [-0.3, -0.25) is 14.4 Å². The van der Waals surface area contributed by atoms with Gasteiger partial charge in [-0.05, 0) is 61.0 Å². The summed E-state index contributed by atoms with van der Waals surface area (Å²) in [5, 5.41) is 5.85. The Kier molecular flexibility index (Phi) is 7.19. The lowest BCUT2D eigenvalue weighted by Gasteiger charge is -2.18. The van der Waals surface area contributed by atoms with E-state index in [-0.39, 0.29) is 16.6 Å². The monoisotopic (exact) mass is 525 g/mol. The molecule has 3 aromatic carbocycles. The molecule has 184 valence electrons. The van der Waals surface area contributed by atoms with Crippen molar-refractivity contribution < 1.29 is 23.9 Å². The summed E-state index contributed by atoms with van der Waals surface area (Å²) in [6, 6.07) is 16.3. The van der Waals surface area contributed by atoms with Gasteiger partial charge in [0.1, 0.15) is 22.2 Å². The first kappa shape index (κ1) is 25.1. The molecule has 0 spiro atoms. The first-order valence-corrected chi connectivity index (χ1v) is 11.4. The maximum absolute atomic E-state index is 13.1. The summed E-state index contributed by atoms with van der Waals surface area (Å²) < 4.78 is 10.5. The lowest BCUT2D eigenvalue weighted by molar-refractivity contribution is -0.120. The van der Waals surface area contributed by atoms with Crippen LogP contribution in [0.3, 0.4) is 0 Å². The third kappa shape index (κ3) is 4.73. The molecular weight excluding hydrogens is 505 g/mol. The number of anilines is 3. The molecule has 3 aromatic rings. The molecule has 3 amide bonds. The highest BCUT2D eigenvalue weighted by molar-refractivity contribution is 6.53. The van der Waals surface area contributed by atoms with Crippen LogP contribution in [-0.2, 0) is 9.59 Å². The summed E-state index contributed by atoms with van der Waals surface area (Å²) in [4.78, 5) is 39.6. The Morgan fingerprint density at radius 1 is 0.917 bits per heavy atom. The van der Waals surface area contributed by atoms with Crippen molar-refractivity contribution in [2.75, 3.05) is 29.8 Å². The molecule has 0 fully saturated rings. The van der Waals surface area contributed by atoms with Gasteiger partial charge in [-0.1, -0.05) is 29.3 Å². The van der Waals surface area contributed by atoms with Crippen LogP contribution in [0.2, 0.25) is 5.02 Å². The fourth-order valence-corrected chi connectivity index (χ4v) is 4.01. The zero-order chi connectivity index (χ0) is 26.0.